The highest BCUT2D eigenvalue weighted by molar-refractivity contribution is 9.10. The Bertz CT molecular complexity index is 1110. The maximum absolute atomic E-state index is 13.1. The van der Waals surface area contributed by atoms with Crippen molar-refractivity contribution >= 4 is 50.5 Å². The molecule has 0 spiro atoms. The van der Waals surface area contributed by atoms with Gasteiger partial charge in [0.1, 0.15) is 0 Å². The van der Waals surface area contributed by atoms with Crippen molar-refractivity contribution in [2.24, 2.45) is 4.99 Å². The quantitative estimate of drug-likeness (QED) is 0.437. The molecule has 152 valence electrons. The summed E-state index contributed by atoms with van der Waals surface area (Å²) in [6.45, 7) is 0.903. The molecule has 1 aliphatic heterocycles. The van der Waals surface area contributed by atoms with E-state index >= 15 is 0 Å². The number of aromatic nitrogens is 1. The van der Waals surface area contributed by atoms with Gasteiger partial charge in [0.05, 0.1) is 23.7 Å². The molecule has 7 heteroatoms. The van der Waals surface area contributed by atoms with Gasteiger partial charge in [-0.25, -0.2) is 4.99 Å². The minimum absolute atomic E-state index is 0.0614. The number of halogens is 1. The number of hydrogen-bond donors (Lipinski definition) is 0. The van der Waals surface area contributed by atoms with E-state index in [0.29, 0.717) is 23.2 Å². The molecule has 0 aliphatic carbocycles. The van der Waals surface area contributed by atoms with E-state index in [0.717, 1.165) is 21.5 Å². The summed E-state index contributed by atoms with van der Waals surface area (Å²) in [5.41, 5.74) is 2.76. The van der Waals surface area contributed by atoms with E-state index in [4.69, 9.17) is 4.74 Å². The summed E-state index contributed by atoms with van der Waals surface area (Å²) >= 11 is 4.91. The molecule has 4 rings (SSSR count). The van der Waals surface area contributed by atoms with Crippen LogP contribution in [0.4, 0.5) is 5.69 Å². The molecular formula is C23H20BrN3O2S. The Labute approximate surface area is 188 Å². The van der Waals surface area contributed by atoms with Gasteiger partial charge in [-0.3, -0.25) is 9.69 Å². The number of nitrogens with zero attached hydrogens (tertiary/aromatic N) is 3. The third kappa shape index (κ3) is 4.59. The van der Waals surface area contributed by atoms with Crippen LogP contribution in [0, 0.1) is 0 Å². The maximum Gasteiger partial charge on any atom is 0.266 e. The van der Waals surface area contributed by atoms with Crippen LogP contribution in [0.3, 0.4) is 0 Å². The first-order chi connectivity index (χ1) is 14.7. The average molecular weight is 482 g/mol. The van der Waals surface area contributed by atoms with Gasteiger partial charge >= 0.3 is 0 Å². The monoisotopic (exact) mass is 481 g/mol. The van der Waals surface area contributed by atoms with Crippen LogP contribution in [0.5, 0.6) is 0 Å². The Morgan fingerprint density at radius 2 is 1.93 bits per heavy atom. The number of methoxy groups -OCH3 is 1. The number of amides is 1. The molecule has 2 heterocycles. The summed E-state index contributed by atoms with van der Waals surface area (Å²) in [5.74, 6) is -0.0614. The second-order valence-corrected chi connectivity index (χ2v) is 8.50. The van der Waals surface area contributed by atoms with Gasteiger partial charge in [-0.05, 0) is 60.3 Å². The molecule has 1 amide bonds. The van der Waals surface area contributed by atoms with Crippen molar-refractivity contribution in [1.82, 2.24) is 9.47 Å². The van der Waals surface area contributed by atoms with E-state index in [9.17, 15) is 4.79 Å². The summed E-state index contributed by atoms with van der Waals surface area (Å²) in [7, 11) is 1.63. The van der Waals surface area contributed by atoms with Gasteiger partial charge in [0.25, 0.3) is 5.91 Å². The number of rotatable bonds is 6. The fourth-order valence-corrected chi connectivity index (χ4v) is 4.49. The summed E-state index contributed by atoms with van der Waals surface area (Å²) in [5, 5.41) is 0.662. The lowest BCUT2D eigenvalue weighted by Crippen LogP contribution is -2.32. The number of para-hydroxylation sites is 1. The second kappa shape index (κ2) is 9.47. The second-order valence-electron chi connectivity index (χ2n) is 6.57. The maximum atomic E-state index is 13.1. The van der Waals surface area contributed by atoms with Crippen molar-refractivity contribution in [3.05, 3.63) is 88.0 Å². The highest BCUT2D eigenvalue weighted by atomic mass is 79.9. The molecule has 0 saturated carbocycles. The van der Waals surface area contributed by atoms with Gasteiger partial charge in [0, 0.05) is 29.2 Å². The van der Waals surface area contributed by atoms with E-state index in [2.05, 4.69) is 25.5 Å². The highest BCUT2D eigenvalue weighted by Crippen LogP contribution is 2.34. The summed E-state index contributed by atoms with van der Waals surface area (Å²) in [4.78, 5) is 20.1. The average Bonchev–Trinajstić information content (AvgIpc) is 3.32. The van der Waals surface area contributed by atoms with Crippen molar-refractivity contribution in [3.63, 3.8) is 0 Å². The first-order valence-corrected chi connectivity index (χ1v) is 11.0. The lowest BCUT2D eigenvalue weighted by molar-refractivity contribution is -0.122. The number of carbonyl (C=O) groups excluding carboxylic acids is 1. The molecule has 30 heavy (non-hydrogen) atoms. The van der Waals surface area contributed by atoms with Crippen LogP contribution < -0.4 is 0 Å². The third-order valence-electron chi connectivity index (χ3n) is 4.53. The third-order valence-corrected chi connectivity index (χ3v) is 6.03. The summed E-state index contributed by atoms with van der Waals surface area (Å²) in [6, 6.07) is 21.7. The van der Waals surface area contributed by atoms with Crippen LogP contribution in [-0.4, -0.2) is 40.8 Å². The molecule has 5 nitrogen and oxygen atoms in total. The Morgan fingerprint density at radius 3 is 2.70 bits per heavy atom. The van der Waals surface area contributed by atoms with Crippen LogP contribution in [0.2, 0.25) is 0 Å². The van der Waals surface area contributed by atoms with Crippen molar-refractivity contribution in [1.29, 1.82) is 0 Å². The van der Waals surface area contributed by atoms with Gasteiger partial charge < -0.3 is 9.30 Å². The molecule has 2 aromatic carbocycles. The van der Waals surface area contributed by atoms with Gasteiger partial charge in [0.15, 0.2) is 5.17 Å². The van der Waals surface area contributed by atoms with Gasteiger partial charge in [0.2, 0.25) is 0 Å². The molecule has 1 aromatic heterocycles. The van der Waals surface area contributed by atoms with Gasteiger partial charge in [-0.1, -0.05) is 40.2 Å². The summed E-state index contributed by atoms with van der Waals surface area (Å²) in [6.07, 6.45) is 3.90. The van der Waals surface area contributed by atoms with Crippen molar-refractivity contribution in [3.8, 4) is 5.69 Å². The number of carbonyl (C=O) groups is 1. The topological polar surface area (TPSA) is 46.8 Å². The van der Waals surface area contributed by atoms with E-state index in [1.54, 1.807) is 12.0 Å². The van der Waals surface area contributed by atoms with Crippen molar-refractivity contribution < 1.29 is 9.53 Å². The summed E-state index contributed by atoms with van der Waals surface area (Å²) < 4.78 is 8.25. The number of hydrogen-bond acceptors (Lipinski definition) is 4. The Kier molecular flexibility index (Phi) is 6.52. The highest BCUT2D eigenvalue weighted by Gasteiger charge is 2.33. The standard InChI is InChI=1S/C23H20BrN3O2S/c1-29-14-13-27-22(28)21(30-23(27)25-18-8-3-2-4-9-18)16-20-11-6-12-26(20)19-10-5-7-17(24)15-19/h2-12,15-16H,13-14H2,1H3/b21-16-,25-23?. The zero-order valence-electron chi connectivity index (χ0n) is 16.4. The Balaban J connectivity index is 1.68. The van der Waals surface area contributed by atoms with Crippen LogP contribution in [0.1, 0.15) is 5.69 Å². The lowest BCUT2D eigenvalue weighted by atomic mass is 10.3. The first kappa shape index (κ1) is 20.7. The lowest BCUT2D eigenvalue weighted by Gasteiger charge is -2.14. The van der Waals surface area contributed by atoms with Gasteiger partial charge in [-0.15, -0.1) is 0 Å². The van der Waals surface area contributed by atoms with Crippen molar-refractivity contribution in [2.75, 3.05) is 20.3 Å². The number of ether oxygens (including phenoxy) is 1. The Morgan fingerprint density at radius 1 is 1.10 bits per heavy atom. The molecule has 0 radical (unpaired) electrons. The molecular weight excluding hydrogens is 462 g/mol. The fourth-order valence-electron chi connectivity index (χ4n) is 3.09. The SMILES string of the molecule is COCCN1C(=O)/C(=C/c2cccn2-c2cccc(Br)c2)SC1=Nc1ccccc1. The normalized spacial score (nSPS) is 16.7. The number of amidine groups is 1. The van der Waals surface area contributed by atoms with E-state index in [-0.39, 0.29) is 5.91 Å². The van der Waals surface area contributed by atoms with E-state index < -0.39 is 0 Å². The zero-order valence-corrected chi connectivity index (χ0v) is 18.8. The van der Waals surface area contributed by atoms with Crippen molar-refractivity contribution in [2.45, 2.75) is 0 Å². The molecule has 0 unspecified atom stereocenters. The number of thioether (sulfide) groups is 1. The zero-order chi connectivity index (χ0) is 20.9. The molecule has 3 aromatic rings. The van der Waals surface area contributed by atoms with Crippen LogP contribution in [0.15, 0.2) is 87.3 Å². The number of benzene rings is 2. The smallest absolute Gasteiger partial charge is 0.266 e. The largest absolute Gasteiger partial charge is 0.383 e. The molecule has 1 aliphatic rings. The number of aliphatic imine (C=N–C) groups is 1. The van der Waals surface area contributed by atoms with E-state index in [1.807, 2.05) is 79.0 Å². The predicted molar refractivity (Wildman–Crippen MR) is 126 cm³/mol. The predicted octanol–water partition coefficient (Wildman–Crippen LogP) is 5.49. The fraction of sp³-hybridized carbons (Fsp3) is 0.130. The molecule has 0 bridgehead atoms. The molecule has 1 fully saturated rings. The van der Waals surface area contributed by atoms with Crippen LogP contribution in [0.25, 0.3) is 11.8 Å². The van der Waals surface area contributed by atoms with Gasteiger partial charge in [-0.2, -0.15) is 0 Å². The molecule has 0 N–H and O–H groups in total. The first-order valence-electron chi connectivity index (χ1n) is 9.43. The molecule has 0 atom stereocenters. The van der Waals surface area contributed by atoms with Crippen LogP contribution in [-0.2, 0) is 9.53 Å². The Hall–Kier alpha value is -2.61. The minimum atomic E-state index is -0.0614. The van der Waals surface area contributed by atoms with Crippen LogP contribution >= 0.6 is 27.7 Å². The van der Waals surface area contributed by atoms with E-state index in [1.165, 1.54) is 11.8 Å². The molecule has 1 saturated heterocycles. The minimum Gasteiger partial charge on any atom is -0.383 e.